The zero-order chi connectivity index (χ0) is 20.8. The summed E-state index contributed by atoms with van der Waals surface area (Å²) in [5, 5.41) is 12.0. The minimum atomic E-state index is -1.11. The van der Waals surface area contributed by atoms with Crippen LogP contribution in [0.25, 0.3) is 0 Å². The first kappa shape index (κ1) is 19.9. The summed E-state index contributed by atoms with van der Waals surface area (Å²) in [4.78, 5) is 26.3. The van der Waals surface area contributed by atoms with E-state index in [0.717, 1.165) is 30.4 Å². The molecule has 1 aromatic rings. The molecular weight excluding hydrogens is 374 g/mol. The smallest absolute Gasteiger partial charge is 0.478 e. The van der Waals surface area contributed by atoms with E-state index in [1.165, 1.54) is 6.08 Å². The molecule has 2 bridgehead atoms. The average Bonchev–Trinajstić information content (AvgIpc) is 3.04. The van der Waals surface area contributed by atoms with Crippen molar-refractivity contribution in [2.24, 2.45) is 0 Å². The van der Waals surface area contributed by atoms with E-state index in [2.05, 4.69) is 11.5 Å². The number of aliphatic hydroxyl groups is 1. The molecule has 7 heteroatoms. The van der Waals surface area contributed by atoms with Gasteiger partial charge in [-0.2, -0.15) is 0 Å². The fourth-order valence-electron chi connectivity index (χ4n) is 5.64. The highest BCUT2D eigenvalue weighted by molar-refractivity contribution is 5.74. The lowest BCUT2D eigenvalue weighted by molar-refractivity contribution is -0.166. The highest BCUT2D eigenvalue weighted by atomic mass is 16.7. The van der Waals surface area contributed by atoms with E-state index in [9.17, 15) is 14.7 Å². The van der Waals surface area contributed by atoms with E-state index in [-0.39, 0.29) is 18.4 Å². The molecule has 1 aromatic carbocycles. The SMILES string of the molecule is C=CCOC(=O)Oc1ccc2c3c1OC(C=O)C31CCN(C)C(C2)C1(O)CCC. The van der Waals surface area contributed by atoms with Crippen molar-refractivity contribution < 1.29 is 28.9 Å². The molecule has 156 valence electrons. The molecule has 0 amide bonds. The van der Waals surface area contributed by atoms with Crippen LogP contribution in [-0.4, -0.2) is 60.4 Å². The lowest BCUT2D eigenvalue weighted by Crippen LogP contribution is -2.73. The Kier molecular flexibility index (Phi) is 4.91. The molecule has 1 N–H and O–H groups in total. The van der Waals surface area contributed by atoms with Crippen LogP contribution in [0, 0.1) is 0 Å². The number of piperidine rings is 1. The molecule has 1 aliphatic carbocycles. The van der Waals surface area contributed by atoms with Gasteiger partial charge in [0.05, 0.1) is 11.0 Å². The van der Waals surface area contributed by atoms with Crippen molar-refractivity contribution in [1.82, 2.24) is 4.90 Å². The molecule has 4 atom stereocenters. The average molecular weight is 401 g/mol. The molecule has 29 heavy (non-hydrogen) atoms. The zero-order valence-electron chi connectivity index (χ0n) is 16.8. The minimum Gasteiger partial charge on any atom is -0.478 e. The second-order valence-electron chi connectivity index (χ2n) is 8.15. The van der Waals surface area contributed by atoms with E-state index in [4.69, 9.17) is 14.2 Å². The highest BCUT2D eigenvalue weighted by Crippen LogP contribution is 2.62. The molecule has 1 spiro atoms. The fourth-order valence-corrected chi connectivity index (χ4v) is 5.64. The monoisotopic (exact) mass is 401 g/mol. The first-order valence-electron chi connectivity index (χ1n) is 10.1. The number of carbonyl (C=O) groups is 2. The predicted molar refractivity (Wildman–Crippen MR) is 105 cm³/mol. The molecule has 3 aliphatic rings. The summed E-state index contributed by atoms with van der Waals surface area (Å²) >= 11 is 0. The molecule has 2 heterocycles. The fraction of sp³-hybridized carbons (Fsp3) is 0.545. The van der Waals surface area contributed by atoms with Gasteiger partial charge in [-0.05, 0) is 44.5 Å². The van der Waals surface area contributed by atoms with Crippen LogP contribution in [0.1, 0.15) is 37.3 Å². The Morgan fingerprint density at radius 1 is 1.48 bits per heavy atom. The third-order valence-electron chi connectivity index (χ3n) is 6.78. The lowest BCUT2D eigenvalue weighted by atomic mass is 9.52. The van der Waals surface area contributed by atoms with E-state index in [0.29, 0.717) is 25.0 Å². The Hall–Kier alpha value is -2.38. The molecule has 7 nitrogen and oxygen atoms in total. The third-order valence-corrected chi connectivity index (χ3v) is 6.78. The summed E-state index contributed by atoms with van der Waals surface area (Å²) in [5.41, 5.74) is -0.132. The molecule has 0 aromatic heterocycles. The van der Waals surface area contributed by atoms with Crippen molar-refractivity contribution in [3.63, 3.8) is 0 Å². The molecule has 0 radical (unpaired) electrons. The molecule has 1 fully saturated rings. The Balaban J connectivity index is 1.86. The quantitative estimate of drug-likeness (QED) is 0.339. The normalized spacial score (nSPS) is 32.1. The predicted octanol–water partition coefficient (Wildman–Crippen LogP) is 2.38. The topological polar surface area (TPSA) is 85.3 Å². The zero-order valence-corrected chi connectivity index (χ0v) is 16.8. The van der Waals surface area contributed by atoms with Gasteiger partial charge in [-0.15, -0.1) is 0 Å². The van der Waals surface area contributed by atoms with E-state index < -0.39 is 23.3 Å². The molecule has 1 saturated heterocycles. The standard InChI is InChI=1S/C22H27NO6/c1-4-8-22(26)16-12-14-6-7-15(28-20(25)27-11-5-2)19-18(14)21(22,9-10-23(16)3)17(13-24)29-19/h5-7,13,16-17,26H,2,4,8-12H2,1,3H3. The van der Waals surface area contributed by atoms with Gasteiger partial charge in [-0.3, -0.25) is 4.79 Å². The number of aldehydes is 1. The first-order valence-corrected chi connectivity index (χ1v) is 10.1. The van der Waals surface area contributed by atoms with Gasteiger partial charge in [0.25, 0.3) is 0 Å². The van der Waals surface area contributed by atoms with Crippen LogP contribution >= 0.6 is 0 Å². The maximum Gasteiger partial charge on any atom is 0.514 e. The maximum atomic E-state index is 12.1. The lowest BCUT2D eigenvalue weighted by Gasteiger charge is -2.60. The van der Waals surface area contributed by atoms with E-state index in [1.807, 2.05) is 20.0 Å². The number of ether oxygens (including phenoxy) is 3. The van der Waals surface area contributed by atoms with Crippen LogP contribution < -0.4 is 9.47 Å². The Morgan fingerprint density at radius 3 is 2.97 bits per heavy atom. The number of likely N-dealkylation sites (tertiary alicyclic amines) is 1. The highest BCUT2D eigenvalue weighted by Gasteiger charge is 2.69. The maximum absolute atomic E-state index is 12.1. The van der Waals surface area contributed by atoms with E-state index in [1.54, 1.807) is 6.07 Å². The number of benzene rings is 1. The van der Waals surface area contributed by atoms with Crippen molar-refractivity contribution in [1.29, 1.82) is 0 Å². The van der Waals surface area contributed by atoms with Crippen LogP contribution in [0.4, 0.5) is 4.79 Å². The van der Waals surface area contributed by atoms with Crippen molar-refractivity contribution in [3.8, 4) is 11.5 Å². The molecule has 4 unspecified atom stereocenters. The minimum absolute atomic E-state index is 0.0329. The number of carbonyl (C=O) groups excluding carboxylic acids is 2. The summed E-state index contributed by atoms with van der Waals surface area (Å²) in [6.45, 7) is 6.31. The van der Waals surface area contributed by atoms with Crippen molar-refractivity contribution in [2.45, 2.75) is 55.8 Å². The Bertz CT molecular complexity index is 854. The summed E-state index contributed by atoms with van der Waals surface area (Å²) in [7, 11) is 2.02. The Morgan fingerprint density at radius 2 is 2.28 bits per heavy atom. The number of hydrogen-bond acceptors (Lipinski definition) is 7. The second-order valence-corrected chi connectivity index (χ2v) is 8.15. The van der Waals surface area contributed by atoms with Crippen molar-refractivity contribution in [2.75, 3.05) is 20.2 Å². The van der Waals surface area contributed by atoms with Gasteiger partial charge in [0.1, 0.15) is 6.61 Å². The van der Waals surface area contributed by atoms with Gasteiger partial charge in [0.2, 0.25) is 0 Å². The number of rotatable bonds is 6. The molecular formula is C22H27NO6. The van der Waals surface area contributed by atoms with Crippen LogP contribution in [0.5, 0.6) is 11.5 Å². The van der Waals surface area contributed by atoms with Gasteiger partial charge >= 0.3 is 6.16 Å². The van der Waals surface area contributed by atoms with Crippen LogP contribution in [0.3, 0.4) is 0 Å². The first-order chi connectivity index (χ1) is 13.9. The number of likely N-dealkylation sites (N-methyl/N-ethyl adjacent to an activating group) is 1. The number of nitrogens with zero attached hydrogens (tertiary/aromatic N) is 1. The molecule has 4 rings (SSSR count). The summed E-state index contributed by atoms with van der Waals surface area (Å²) in [6.07, 6.45) is 3.09. The van der Waals surface area contributed by atoms with Crippen LogP contribution in [-0.2, 0) is 21.4 Å². The van der Waals surface area contributed by atoms with Crippen molar-refractivity contribution >= 4 is 12.4 Å². The van der Waals surface area contributed by atoms with E-state index >= 15 is 0 Å². The third kappa shape index (κ3) is 2.64. The summed E-state index contributed by atoms with van der Waals surface area (Å²) in [6, 6.07) is 3.47. The molecule has 0 saturated carbocycles. The van der Waals surface area contributed by atoms with Gasteiger partial charge in [0, 0.05) is 11.6 Å². The number of fused-ring (bicyclic) bond motifs is 1. The summed E-state index contributed by atoms with van der Waals surface area (Å²) < 4.78 is 16.4. The van der Waals surface area contributed by atoms with Crippen LogP contribution in [0.2, 0.25) is 0 Å². The number of hydrogen-bond donors (Lipinski definition) is 1. The molecule has 2 aliphatic heterocycles. The van der Waals surface area contributed by atoms with Crippen LogP contribution in [0.15, 0.2) is 24.8 Å². The van der Waals surface area contributed by atoms with Crippen molar-refractivity contribution in [3.05, 3.63) is 35.9 Å². The van der Waals surface area contributed by atoms with Gasteiger partial charge < -0.3 is 24.2 Å². The second kappa shape index (κ2) is 7.15. The van der Waals surface area contributed by atoms with Gasteiger partial charge in [-0.1, -0.05) is 32.1 Å². The van der Waals surface area contributed by atoms with Gasteiger partial charge in [-0.25, -0.2) is 4.79 Å². The largest absolute Gasteiger partial charge is 0.514 e. The Labute approximate surface area is 170 Å². The van der Waals surface area contributed by atoms with Gasteiger partial charge in [0.15, 0.2) is 23.9 Å². The summed E-state index contributed by atoms with van der Waals surface area (Å²) in [5.74, 6) is 0.574.